The molecule has 4 aromatic rings. The topological polar surface area (TPSA) is 139 Å². The van der Waals surface area contributed by atoms with Crippen molar-refractivity contribution >= 4 is 44.9 Å². The van der Waals surface area contributed by atoms with Crippen LogP contribution in [0.3, 0.4) is 0 Å². The van der Waals surface area contributed by atoms with E-state index in [1.807, 2.05) is 60.7 Å². The predicted octanol–water partition coefficient (Wildman–Crippen LogP) is 5.11. The highest BCUT2D eigenvalue weighted by atomic mass is 16.4. The SMILES string of the molecule is CC(=O)O.CC(=O)O.Oc1ccc2ccccc2c1NCCNc1c(O)ccc2ccccc12. The van der Waals surface area contributed by atoms with E-state index in [0.717, 1.165) is 46.8 Å². The number of hydrogen-bond acceptors (Lipinski definition) is 6. The standard InChI is InChI=1S/C22H20N2O2.2C2H4O2/c25-19-11-9-15-5-1-3-7-17(15)21(19)23-13-14-24-22-18-8-4-2-6-16(18)10-12-20(22)26;2*1-2(3)4/h1-12,23-26H,13-14H2;2*1H3,(H,3,4). The highest BCUT2D eigenvalue weighted by Gasteiger charge is 2.08. The Morgan fingerprint density at radius 3 is 1.29 bits per heavy atom. The Balaban J connectivity index is 0.000000446. The summed E-state index contributed by atoms with van der Waals surface area (Å²) in [7, 11) is 0. The average molecular weight is 465 g/mol. The molecule has 0 saturated heterocycles. The van der Waals surface area contributed by atoms with Crippen molar-refractivity contribution in [2.45, 2.75) is 13.8 Å². The van der Waals surface area contributed by atoms with Crippen molar-refractivity contribution in [3.63, 3.8) is 0 Å². The van der Waals surface area contributed by atoms with E-state index in [9.17, 15) is 10.2 Å². The zero-order valence-electron chi connectivity index (χ0n) is 18.9. The molecule has 6 N–H and O–H groups in total. The van der Waals surface area contributed by atoms with Crippen molar-refractivity contribution in [3.8, 4) is 11.5 Å². The lowest BCUT2D eigenvalue weighted by Crippen LogP contribution is -2.14. The van der Waals surface area contributed by atoms with Crippen LogP contribution in [0.5, 0.6) is 11.5 Å². The summed E-state index contributed by atoms with van der Waals surface area (Å²) in [6, 6.07) is 23.1. The van der Waals surface area contributed by atoms with Crippen molar-refractivity contribution in [1.82, 2.24) is 0 Å². The fourth-order valence-electron chi connectivity index (χ4n) is 3.27. The van der Waals surface area contributed by atoms with Crippen LogP contribution >= 0.6 is 0 Å². The van der Waals surface area contributed by atoms with Crippen LogP contribution in [-0.4, -0.2) is 45.5 Å². The molecule has 0 aromatic heterocycles. The van der Waals surface area contributed by atoms with Crippen LogP contribution < -0.4 is 10.6 Å². The Kier molecular flexibility index (Phi) is 9.52. The lowest BCUT2D eigenvalue weighted by Gasteiger charge is -2.14. The number of anilines is 2. The van der Waals surface area contributed by atoms with Gasteiger partial charge in [-0.25, -0.2) is 0 Å². The van der Waals surface area contributed by atoms with Gasteiger partial charge in [0.15, 0.2) is 0 Å². The predicted molar refractivity (Wildman–Crippen MR) is 135 cm³/mol. The van der Waals surface area contributed by atoms with Gasteiger partial charge in [0.25, 0.3) is 11.9 Å². The van der Waals surface area contributed by atoms with Gasteiger partial charge in [0, 0.05) is 37.7 Å². The first-order chi connectivity index (χ1) is 16.2. The van der Waals surface area contributed by atoms with Gasteiger partial charge in [-0.15, -0.1) is 0 Å². The summed E-state index contributed by atoms with van der Waals surface area (Å²) in [6.45, 7) is 3.37. The second kappa shape index (κ2) is 12.5. The molecule has 4 aromatic carbocycles. The van der Waals surface area contributed by atoms with Crippen LogP contribution in [0.15, 0.2) is 72.8 Å². The maximum atomic E-state index is 10.2. The lowest BCUT2D eigenvalue weighted by atomic mass is 10.1. The maximum Gasteiger partial charge on any atom is 0.300 e. The largest absolute Gasteiger partial charge is 0.506 e. The normalized spacial score (nSPS) is 9.82. The zero-order chi connectivity index (χ0) is 25.1. The fraction of sp³-hybridized carbons (Fsp3) is 0.154. The van der Waals surface area contributed by atoms with Gasteiger partial charge in [-0.05, 0) is 22.9 Å². The van der Waals surface area contributed by atoms with Crippen LogP contribution in [0.2, 0.25) is 0 Å². The van der Waals surface area contributed by atoms with Crippen LogP contribution in [-0.2, 0) is 9.59 Å². The van der Waals surface area contributed by atoms with E-state index in [1.165, 1.54) is 0 Å². The summed E-state index contributed by atoms with van der Waals surface area (Å²) >= 11 is 0. The number of rotatable bonds is 5. The smallest absolute Gasteiger partial charge is 0.300 e. The molecule has 0 radical (unpaired) electrons. The molecule has 0 spiro atoms. The van der Waals surface area contributed by atoms with Crippen molar-refractivity contribution in [3.05, 3.63) is 72.8 Å². The van der Waals surface area contributed by atoms with E-state index < -0.39 is 11.9 Å². The number of fused-ring (bicyclic) bond motifs is 2. The van der Waals surface area contributed by atoms with Crippen LogP contribution in [0, 0.1) is 0 Å². The molecule has 34 heavy (non-hydrogen) atoms. The molecule has 0 atom stereocenters. The third-order valence-corrected chi connectivity index (χ3v) is 4.54. The summed E-state index contributed by atoms with van der Waals surface area (Å²) in [6.07, 6.45) is 0. The first-order valence-electron chi connectivity index (χ1n) is 10.5. The van der Waals surface area contributed by atoms with Crippen LogP contribution in [0.1, 0.15) is 13.8 Å². The first-order valence-corrected chi connectivity index (χ1v) is 10.5. The number of phenols is 2. The van der Waals surface area contributed by atoms with Crippen LogP contribution in [0.4, 0.5) is 11.4 Å². The molecule has 4 rings (SSSR count). The molecule has 0 fully saturated rings. The first kappa shape index (κ1) is 25.8. The number of benzene rings is 4. The molecule has 8 nitrogen and oxygen atoms in total. The number of hydrogen-bond donors (Lipinski definition) is 6. The Morgan fingerprint density at radius 2 is 0.941 bits per heavy atom. The third-order valence-electron chi connectivity index (χ3n) is 4.54. The molecule has 0 saturated carbocycles. The van der Waals surface area contributed by atoms with Gasteiger partial charge < -0.3 is 31.1 Å². The molecular formula is C26H28N2O6. The highest BCUT2D eigenvalue weighted by molar-refractivity contribution is 5.97. The zero-order valence-corrected chi connectivity index (χ0v) is 18.9. The minimum atomic E-state index is -0.833. The minimum absolute atomic E-state index is 0.233. The second-order valence-electron chi connectivity index (χ2n) is 7.25. The van der Waals surface area contributed by atoms with E-state index in [0.29, 0.717) is 13.1 Å². The lowest BCUT2D eigenvalue weighted by molar-refractivity contribution is -0.135. The van der Waals surface area contributed by atoms with E-state index in [1.54, 1.807) is 12.1 Å². The summed E-state index contributed by atoms with van der Waals surface area (Å²) in [5, 5.41) is 45.9. The molecule has 0 aliphatic carbocycles. The summed E-state index contributed by atoms with van der Waals surface area (Å²) < 4.78 is 0. The number of carbonyl (C=O) groups is 2. The molecule has 178 valence electrons. The number of aliphatic carboxylic acids is 2. The molecule has 0 bridgehead atoms. The second-order valence-corrected chi connectivity index (χ2v) is 7.25. The average Bonchev–Trinajstić information content (AvgIpc) is 2.78. The van der Waals surface area contributed by atoms with Gasteiger partial charge in [-0.2, -0.15) is 0 Å². The number of phenolic OH excluding ortho intramolecular Hbond substituents is 2. The van der Waals surface area contributed by atoms with Crippen molar-refractivity contribution in [2.75, 3.05) is 23.7 Å². The quantitative estimate of drug-likeness (QED) is 0.177. The fourth-order valence-corrected chi connectivity index (χ4v) is 3.27. The number of carboxylic acids is 2. The molecule has 8 heteroatoms. The Hall–Kier alpha value is -4.46. The van der Waals surface area contributed by atoms with E-state index >= 15 is 0 Å². The van der Waals surface area contributed by atoms with E-state index in [2.05, 4.69) is 10.6 Å². The van der Waals surface area contributed by atoms with Gasteiger partial charge in [0.2, 0.25) is 0 Å². The minimum Gasteiger partial charge on any atom is -0.506 e. The summed E-state index contributed by atoms with van der Waals surface area (Å²) in [5.41, 5.74) is 1.46. The Bertz CT molecular complexity index is 1170. The monoisotopic (exact) mass is 464 g/mol. The van der Waals surface area contributed by atoms with Gasteiger partial charge in [0.1, 0.15) is 11.5 Å². The third kappa shape index (κ3) is 7.59. The molecule has 0 aliphatic rings. The molecular weight excluding hydrogens is 436 g/mol. The Morgan fingerprint density at radius 1 is 0.618 bits per heavy atom. The van der Waals surface area contributed by atoms with Crippen molar-refractivity contribution < 1.29 is 30.0 Å². The van der Waals surface area contributed by atoms with Crippen molar-refractivity contribution in [2.24, 2.45) is 0 Å². The summed E-state index contributed by atoms with van der Waals surface area (Å²) in [5.74, 6) is -1.20. The molecule has 0 amide bonds. The number of nitrogens with one attached hydrogen (secondary N) is 2. The molecule has 0 unspecified atom stereocenters. The number of carboxylic acid groups (broad SMARTS) is 2. The Labute approximate surface area is 197 Å². The van der Waals surface area contributed by atoms with E-state index in [4.69, 9.17) is 19.8 Å². The highest BCUT2D eigenvalue weighted by Crippen LogP contribution is 2.33. The number of aromatic hydroxyl groups is 2. The molecule has 0 heterocycles. The van der Waals surface area contributed by atoms with Gasteiger partial charge in [-0.3, -0.25) is 9.59 Å². The van der Waals surface area contributed by atoms with Gasteiger partial charge in [0.05, 0.1) is 11.4 Å². The van der Waals surface area contributed by atoms with Gasteiger partial charge in [-0.1, -0.05) is 60.7 Å². The molecule has 0 aliphatic heterocycles. The van der Waals surface area contributed by atoms with Crippen molar-refractivity contribution in [1.29, 1.82) is 0 Å². The van der Waals surface area contributed by atoms with Crippen LogP contribution in [0.25, 0.3) is 21.5 Å². The van der Waals surface area contributed by atoms with Gasteiger partial charge >= 0.3 is 0 Å². The van der Waals surface area contributed by atoms with E-state index in [-0.39, 0.29) is 11.5 Å². The summed E-state index contributed by atoms with van der Waals surface area (Å²) in [4.78, 5) is 18.0. The maximum absolute atomic E-state index is 10.2.